The van der Waals surface area contributed by atoms with Crippen LogP contribution in [0.3, 0.4) is 0 Å². The number of nitrogens with zero attached hydrogens (tertiary/aromatic N) is 3. The Morgan fingerprint density at radius 2 is 2.08 bits per heavy atom. The fourth-order valence-electron chi connectivity index (χ4n) is 2.99. The summed E-state index contributed by atoms with van der Waals surface area (Å²) in [6.07, 6.45) is -2.69. The number of amides is 1. The van der Waals surface area contributed by atoms with Crippen LogP contribution in [0.25, 0.3) is 5.69 Å². The van der Waals surface area contributed by atoms with Gasteiger partial charge in [-0.2, -0.15) is 13.2 Å². The Labute approximate surface area is 147 Å². The van der Waals surface area contributed by atoms with E-state index in [1.54, 1.807) is 0 Å². The van der Waals surface area contributed by atoms with E-state index >= 15 is 0 Å². The van der Waals surface area contributed by atoms with Crippen molar-refractivity contribution >= 4 is 5.91 Å². The van der Waals surface area contributed by atoms with Gasteiger partial charge >= 0.3 is 6.18 Å². The van der Waals surface area contributed by atoms with Crippen molar-refractivity contribution in [3.63, 3.8) is 0 Å². The first-order valence-electron chi connectivity index (χ1n) is 8.55. The Balaban J connectivity index is 1.63. The van der Waals surface area contributed by atoms with Crippen LogP contribution in [0.1, 0.15) is 40.5 Å². The Bertz CT molecular complexity index is 824. The van der Waals surface area contributed by atoms with Crippen LogP contribution >= 0.6 is 0 Å². The summed E-state index contributed by atoms with van der Waals surface area (Å²) in [6.45, 7) is 2.28. The average Bonchev–Trinajstić information content (AvgIpc) is 3.30. The molecule has 2 N–H and O–H groups in total. The zero-order valence-electron chi connectivity index (χ0n) is 13.9. The molecule has 1 saturated heterocycles. The molecule has 138 valence electrons. The van der Waals surface area contributed by atoms with E-state index in [0.717, 1.165) is 38.1 Å². The van der Waals surface area contributed by atoms with E-state index in [1.165, 1.54) is 16.8 Å². The lowest BCUT2D eigenvalue weighted by Gasteiger charge is -2.26. The topological polar surface area (TPSA) is 71.8 Å². The fourth-order valence-corrected chi connectivity index (χ4v) is 2.99. The van der Waals surface area contributed by atoms with Crippen LogP contribution in [0.15, 0.2) is 24.3 Å². The van der Waals surface area contributed by atoms with Crippen molar-refractivity contribution in [3.8, 4) is 5.69 Å². The van der Waals surface area contributed by atoms with Gasteiger partial charge in [-0.1, -0.05) is 11.3 Å². The normalized spacial score (nSPS) is 17.8. The van der Waals surface area contributed by atoms with Crippen LogP contribution in [0.4, 0.5) is 13.2 Å². The number of halogens is 3. The number of hydrogen-bond donors (Lipinski definition) is 2. The molecule has 1 amide bonds. The summed E-state index contributed by atoms with van der Waals surface area (Å²) in [7, 11) is 0. The number of rotatable bonds is 5. The summed E-state index contributed by atoms with van der Waals surface area (Å²) in [4.78, 5) is 12.5. The second kappa shape index (κ2) is 6.39. The minimum absolute atomic E-state index is 0.102. The molecule has 4 rings (SSSR count). The lowest BCUT2D eigenvalue weighted by Crippen LogP contribution is -2.48. The number of carbonyl (C=O) groups excluding carboxylic acids is 1. The number of benzene rings is 1. The highest BCUT2D eigenvalue weighted by Crippen LogP contribution is 2.42. The first-order valence-corrected chi connectivity index (χ1v) is 8.55. The van der Waals surface area contributed by atoms with Crippen LogP contribution in [0.5, 0.6) is 0 Å². The molecule has 2 fully saturated rings. The zero-order chi connectivity index (χ0) is 18.3. The molecule has 6 nitrogen and oxygen atoms in total. The molecule has 2 aliphatic rings. The van der Waals surface area contributed by atoms with E-state index in [4.69, 9.17) is 0 Å². The molecular weight excluding hydrogens is 347 g/mol. The molecule has 26 heavy (non-hydrogen) atoms. The summed E-state index contributed by atoms with van der Waals surface area (Å²) in [5.74, 6) is 0.185. The summed E-state index contributed by atoms with van der Waals surface area (Å²) >= 11 is 0. The summed E-state index contributed by atoms with van der Waals surface area (Å²) in [5, 5.41) is 13.9. The zero-order valence-corrected chi connectivity index (χ0v) is 13.9. The van der Waals surface area contributed by atoms with Crippen molar-refractivity contribution in [2.75, 3.05) is 19.6 Å². The third kappa shape index (κ3) is 3.31. The Kier molecular flexibility index (Phi) is 4.18. The number of hydrogen-bond acceptors (Lipinski definition) is 4. The van der Waals surface area contributed by atoms with Crippen LogP contribution in [-0.4, -0.2) is 40.5 Å². The van der Waals surface area contributed by atoms with E-state index in [0.29, 0.717) is 18.2 Å². The number of nitrogens with one attached hydrogen (secondary N) is 2. The quantitative estimate of drug-likeness (QED) is 0.851. The van der Waals surface area contributed by atoms with Crippen LogP contribution < -0.4 is 10.6 Å². The minimum atomic E-state index is -4.44. The molecule has 1 aliphatic carbocycles. The summed E-state index contributed by atoms with van der Waals surface area (Å²) < 4.78 is 40.3. The highest BCUT2D eigenvalue weighted by molar-refractivity contribution is 5.93. The van der Waals surface area contributed by atoms with Gasteiger partial charge in [-0.3, -0.25) is 4.79 Å². The number of aromatic nitrogens is 3. The lowest BCUT2D eigenvalue weighted by molar-refractivity contribution is -0.137. The Morgan fingerprint density at radius 1 is 1.31 bits per heavy atom. The number of alkyl halides is 3. The van der Waals surface area contributed by atoms with Gasteiger partial charge in [0, 0.05) is 31.5 Å². The van der Waals surface area contributed by atoms with Gasteiger partial charge in [0.15, 0.2) is 5.69 Å². The van der Waals surface area contributed by atoms with Gasteiger partial charge < -0.3 is 10.6 Å². The van der Waals surface area contributed by atoms with Crippen molar-refractivity contribution in [3.05, 3.63) is 41.2 Å². The first kappa shape index (κ1) is 17.0. The highest BCUT2D eigenvalue weighted by Gasteiger charge is 2.35. The lowest BCUT2D eigenvalue weighted by atomic mass is 10.0. The maximum absolute atomic E-state index is 13.0. The summed E-state index contributed by atoms with van der Waals surface area (Å²) in [5.41, 5.74) is 0.304. The maximum atomic E-state index is 13.0. The molecule has 1 aliphatic heterocycles. The highest BCUT2D eigenvalue weighted by atomic mass is 19.4. The third-order valence-electron chi connectivity index (χ3n) is 4.72. The Morgan fingerprint density at radius 3 is 2.69 bits per heavy atom. The van der Waals surface area contributed by atoms with Gasteiger partial charge in [0.25, 0.3) is 5.91 Å². The van der Waals surface area contributed by atoms with E-state index in [9.17, 15) is 18.0 Å². The van der Waals surface area contributed by atoms with Crippen LogP contribution in [-0.2, 0) is 6.18 Å². The molecule has 0 unspecified atom stereocenters. The predicted octanol–water partition coefficient (Wildman–Crippen LogP) is 2.11. The van der Waals surface area contributed by atoms with Gasteiger partial charge in [-0.25, -0.2) is 4.68 Å². The van der Waals surface area contributed by atoms with E-state index < -0.39 is 11.7 Å². The first-order chi connectivity index (χ1) is 12.4. The molecule has 0 atom stereocenters. The summed E-state index contributed by atoms with van der Waals surface area (Å²) in [6, 6.07) is 4.91. The number of carbonyl (C=O) groups is 1. The molecule has 0 bridgehead atoms. The monoisotopic (exact) mass is 365 g/mol. The average molecular weight is 365 g/mol. The molecule has 1 saturated carbocycles. The molecule has 2 heterocycles. The molecule has 1 aromatic carbocycles. The Hall–Kier alpha value is -2.42. The van der Waals surface area contributed by atoms with Gasteiger partial charge in [-0.15, -0.1) is 5.10 Å². The maximum Gasteiger partial charge on any atom is 0.416 e. The third-order valence-corrected chi connectivity index (χ3v) is 4.72. The van der Waals surface area contributed by atoms with Crippen molar-refractivity contribution in [2.45, 2.75) is 24.9 Å². The van der Waals surface area contributed by atoms with Crippen molar-refractivity contribution in [1.29, 1.82) is 0 Å². The van der Waals surface area contributed by atoms with Gasteiger partial charge in [0.2, 0.25) is 0 Å². The van der Waals surface area contributed by atoms with E-state index in [2.05, 4.69) is 20.9 Å². The van der Waals surface area contributed by atoms with Gasteiger partial charge in [0.05, 0.1) is 16.9 Å². The van der Waals surface area contributed by atoms with E-state index in [-0.39, 0.29) is 23.2 Å². The van der Waals surface area contributed by atoms with Gasteiger partial charge in [-0.05, 0) is 31.0 Å². The molecule has 2 aromatic rings. The van der Waals surface area contributed by atoms with Crippen LogP contribution in [0.2, 0.25) is 0 Å². The predicted molar refractivity (Wildman–Crippen MR) is 87.0 cm³/mol. The standard InChI is InChI=1S/C17H18F3N5O/c18-17(19,20)12-2-1-3-13(6-12)25-15(11-4-5-11)14(23-24-25)16(26)22-9-10-7-21-8-10/h1-3,6,10-11,21H,4-5,7-9H2,(H,22,26). The van der Waals surface area contributed by atoms with E-state index in [1.807, 2.05) is 0 Å². The second-order valence-corrected chi connectivity index (χ2v) is 6.79. The largest absolute Gasteiger partial charge is 0.416 e. The molecule has 1 aromatic heterocycles. The molecule has 9 heteroatoms. The minimum Gasteiger partial charge on any atom is -0.350 e. The second-order valence-electron chi connectivity index (χ2n) is 6.79. The SMILES string of the molecule is O=C(NCC1CNC1)c1nnn(-c2cccc(C(F)(F)F)c2)c1C1CC1. The van der Waals surface area contributed by atoms with Crippen molar-refractivity contribution < 1.29 is 18.0 Å². The van der Waals surface area contributed by atoms with Crippen molar-refractivity contribution in [2.24, 2.45) is 5.92 Å². The molecular formula is C17H18F3N5O. The molecule has 0 spiro atoms. The smallest absolute Gasteiger partial charge is 0.350 e. The molecule has 0 radical (unpaired) electrons. The van der Waals surface area contributed by atoms with Crippen molar-refractivity contribution in [1.82, 2.24) is 25.6 Å². The fraction of sp³-hybridized carbons (Fsp3) is 0.471. The van der Waals surface area contributed by atoms with Gasteiger partial charge in [0.1, 0.15) is 0 Å². The van der Waals surface area contributed by atoms with Crippen LogP contribution in [0, 0.1) is 5.92 Å².